The summed E-state index contributed by atoms with van der Waals surface area (Å²) >= 11 is 0. The van der Waals surface area contributed by atoms with E-state index in [1.165, 1.54) is 25.7 Å². The van der Waals surface area contributed by atoms with Crippen LogP contribution < -0.4 is 10.6 Å². The second-order valence-electron chi connectivity index (χ2n) is 9.45. The van der Waals surface area contributed by atoms with Crippen LogP contribution in [-0.2, 0) is 21.5 Å². The minimum absolute atomic E-state index is 0.0368. The number of aromatic amines is 1. The van der Waals surface area contributed by atoms with Crippen molar-refractivity contribution in [1.29, 1.82) is 0 Å². The molecule has 0 radical (unpaired) electrons. The van der Waals surface area contributed by atoms with E-state index in [9.17, 15) is 9.59 Å². The zero-order valence-electron chi connectivity index (χ0n) is 17.8. The summed E-state index contributed by atoms with van der Waals surface area (Å²) in [6.45, 7) is 5.41. The van der Waals surface area contributed by atoms with Crippen LogP contribution in [0, 0.1) is 5.92 Å². The molecule has 7 nitrogen and oxygen atoms in total. The van der Waals surface area contributed by atoms with Crippen molar-refractivity contribution in [3.05, 3.63) is 17.7 Å². The van der Waals surface area contributed by atoms with Crippen LogP contribution in [0.4, 0.5) is 0 Å². The zero-order valence-corrected chi connectivity index (χ0v) is 17.8. The Balaban J connectivity index is 1.39. The molecule has 1 spiro atoms. The molecule has 0 aromatic carbocycles. The smallest absolute Gasteiger partial charge is 0.237 e. The van der Waals surface area contributed by atoms with Gasteiger partial charge in [0.25, 0.3) is 0 Å². The summed E-state index contributed by atoms with van der Waals surface area (Å²) in [4.78, 5) is 35.3. The van der Waals surface area contributed by atoms with Crippen molar-refractivity contribution in [1.82, 2.24) is 25.5 Å². The first kappa shape index (κ1) is 20.4. The van der Waals surface area contributed by atoms with E-state index in [0.717, 1.165) is 49.7 Å². The standard InChI is InChI=1S/C22H35N5O2/c1-15(2)25-21(29)18-13-17-20(24-14-23-17)22(26-18)9-11-27(12-10-22)19(28)8-7-16-5-3-4-6-16/h14-16,18,26H,3-13H2,1-2H3,(H,23,24)(H,25,29)/t18-/m0/s1. The predicted molar refractivity (Wildman–Crippen MR) is 111 cm³/mol. The van der Waals surface area contributed by atoms with Gasteiger partial charge in [0.05, 0.1) is 23.6 Å². The number of fused-ring (bicyclic) bond motifs is 2. The lowest BCUT2D eigenvalue weighted by atomic mass is 9.78. The number of nitrogens with one attached hydrogen (secondary N) is 3. The van der Waals surface area contributed by atoms with E-state index in [1.54, 1.807) is 6.33 Å². The van der Waals surface area contributed by atoms with E-state index < -0.39 is 0 Å². The highest BCUT2D eigenvalue weighted by molar-refractivity contribution is 5.83. The Kier molecular flexibility index (Phi) is 5.95. The number of piperidine rings is 1. The third kappa shape index (κ3) is 4.34. The minimum atomic E-state index is -0.325. The summed E-state index contributed by atoms with van der Waals surface area (Å²) in [6.07, 6.45) is 10.9. The highest BCUT2D eigenvalue weighted by Crippen LogP contribution is 2.38. The molecular formula is C22H35N5O2. The number of aromatic nitrogens is 2. The van der Waals surface area contributed by atoms with Crippen LogP contribution in [0.2, 0.25) is 0 Å². The summed E-state index contributed by atoms with van der Waals surface area (Å²) in [5, 5.41) is 6.65. The Bertz CT molecular complexity index is 729. The Hall–Kier alpha value is -1.89. The van der Waals surface area contributed by atoms with Gasteiger partial charge in [-0.1, -0.05) is 25.7 Å². The van der Waals surface area contributed by atoms with Crippen molar-refractivity contribution in [2.45, 2.75) is 89.3 Å². The number of carbonyl (C=O) groups is 2. The molecule has 2 aliphatic heterocycles. The first-order valence-electron chi connectivity index (χ1n) is 11.4. The molecule has 2 fully saturated rings. The third-order valence-corrected chi connectivity index (χ3v) is 6.99. The fraction of sp³-hybridized carbons (Fsp3) is 0.773. The van der Waals surface area contributed by atoms with Gasteiger partial charge in [-0.05, 0) is 39.0 Å². The molecule has 4 rings (SSSR count). The fourth-order valence-corrected chi connectivity index (χ4v) is 5.39. The maximum absolute atomic E-state index is 12.7. The van der Waals surface area contributed by atoms with Gasteiger partial charge in [-0.25, -0.2) is 4.98 Å². The molecule has 1 aromatic rings. The SMILES string of the molecule is CC(C)NC(=O)[C@@H]1Cc2[nH]cnc2C2(CCN(C(=O)CCC3CCCC3)CC2)N1. The first-order valence-corrected chi connectivity index (χ1v) is 11.4. The molecule has 1 aliphatic carbocycles. The Morgan fingerprint density at radius 2 is 2.00 bits per heavy atom. The number of likely N-dealkylation sites (tertiary alicyclic amines) is 1. The average molecular weight is 402 g/mol. The van der Waals surface area contributed by atoms with Crippen LogP contribution in [0.15, 0.2) is 6.33 Å². The van der Waals surface area contributed by atoms with Gasteiger partial charge in [-0.3, -0.25) is 14.9 Å². The average Bonchev–Trinajstić information content (AvgIpc) is 3.38. The number of imidazole rings is 1. The van der Waals surface area contributed by atoms with Gasteiger partial charge in [0.1, 0.15) is 0 Å². The fourth-order valence-electron chi connectivity index (χ4n) is 5.39. The zero-order chi connectivity index (χ0) is 20.4. The van der Waals surface area contributed by atoms with Crippen LogP contribution in [0.3, 0.4) is 0 Å². The lowest BCUT2D eigenvalue weighted by Crippen LogP contribution is -2.62. The maximum Gasteiger partial charge on any atom is 0.237 e. The van der Waals surface area contributed by atoms with Crippen molar-refractivity contribution in [2.24, 2.45) is 5.92 Å². The number of nitrogens with zero attached hydrogens (tertiary/aromatic N) is 2. The van der Waals surface area contributed by atoms with E-state index in [-0.39, 0.29) is 23.5 Å². The Morgan fingerprint density at radius 1 is 1.28 bits per heavy atom. The largest absolute Gasteiger partial charge is 0.353 e. The molecule has 29 heavy (non-hydrogen) atoms. The number of carbonyl (C=O) groups excluding carboxylic acids is 2. The topological polar surface area (TPSA) is 90.1 Å². The van der Waals surface area contributed by atoms with Gasteiger partial charge in [-0.15, -0.1) is 0 Å². The van der Waals surface area contributed by atoms with Crippen molar-refractivity contribution in [3.63, 3.8) is 0 Å². The quantitative estimate of drug-likeness (QED) is 0.706. The third-order valence-electron chi connectivity index (χ3n) is 6.99. The van der Waals surface area contributed by atoms with Gasteiger partial charge in [-0.2, -0.15) is 0 Å². The van der Waals surface area contributed by atoms with E-state index in [1.807, 2.05) is 18.7 Å². The van der Waals surface area contributed by atoms with E-state index in [2.05, 4.69) is 20.6 Å². The molecule has 0 bridgehead atoms. The lowest BCUT2D eigenvalue weighted by Gasteiger charge is -2.46. The van der Waals surface area contributed by atoms with E-state index in [4.69, 9.17) is 0 Å². The number of hydrogen-bond acceptors (Lipinski definition) is 4. The van der Waals surface area contributed by atoms with Crippen molar-refractivity contribution in [3.8, 4) is 0 Å². The predicted octanol–water partition coefficient (Wildman–Crippen LogP) is 2.24. The highest BCUT2D eigenvalue weighted by atomic mass is 16.2. The molecule has 7 heteroatoms. The minimum Gasteiger partial charge on any atom is -0.353 e. The molecule has 2 amide bonds. The van der Waals surface area contributed by atoms with Gasteiger partial charge >= 0.3 is 0 Å². The Morgan fingerprint density at radius 3 is 2.69 bits per heavy atom. The molecular weight excluding hydrogens is 366 g/mol. The summed E-state index contributed by atoms with van der Waals surface area (Å²) < 4.78 is 0. The van der Waals surface area contributed by atoms with Gasteiger partial charge in [0.2, 0.25) is 11.8 Å². The molecule has 3 heterocycles. The van der Waals surface area contributed by atoms with Crippen molar-refractivity contribution < 1.29 is 9.59 Å². The maximum atomic E-state index is 12.7. The molecule has 3 N–H and O–H groups in total. The lowest BCUT2D eigenvalue weighted by molar-refractivity contribution is -0.134. The molecule has 1 aromatic heterocycles. The first-order chi connectivity index (χ1) is 14.0. The summed E-state index contributed by atoms with van der Waals surface area (Å²) in [7, 11) is 0. The van der Waals surface area contributed by atoms with Crippen LogP contribution in [-0.4, -0.2) is 51.9 Å². The second kappa shape index (κ2) is 8.46. The van der Waals surface area contributed by atoms with Crippen molar-refractivity contribution >= 4 is 11.8 Å². The Labute approximate surface area is 173 Å². The summed E-state index contributed by atoms with van der Waals surface area (Å²) in [6, 6.07) is -0.155. The molecule has 1 saturated carbocycles. The highest BCUT2D eigenvalue weighted by Gasteiger charge is 2.46. The van der Waals surface area contributed by atoms with E-state index >= 15 is 0 Å². The number of amides is 2. The van der Waals surface area contributed by atoms with Gasteiger partial charge < -0.3 is 15.2 Å². The molecule has 3 aliphatic rings. The molecule has 0 unspecified atom stereocenters. The van der Waals surface area contributed by atoms with Crippen LogP contribution in [0.25, 0.3) is 0 Å². The van der Waals surface area contributed by atoms with Gasteiger partial charge in [0.15, 0.2) is 0 Å². The van der Waals surface area contributed by atoms with Crippen LogP contribution in [0.1, 0.15) is 76.6 Å². The molecule has 1 saturated heterocycles. The van der Waals surface area contributed by atoms with Crippen LogP contribution in [0.5, 0.6) is 0 Å². The summed E-state index contributed by atoms with van der Waals surface area (Å²) in [5.41, 5.74) is 1.76. The summed E-state index contributed by atoms with van der Waals surface area (Å²) in [5.74, 6) is 1.08. The number of hydrogen-bond donors (Lipinski definition) is 3. The second-order valence-corrected chi connectivity index (χ2v) is 9.45. The number of rotatable bonds is 5. The monoisotopic (exact) mass is 401 g/mol. The normalized spacial score (nSPS) is 24.1. The van der Waals surface area contributed by atoms with Gasteiger partial charge in [0, 0.05) is 37.7 Å². The molecule has 160 valence electrons. The van der Waals surface area contributed by atoms with Crippen LogP contribution >= 0.6 is 0 Å². The molecule has 1 atom stereocenters. The van der Waals surface area contributed by atoms with E-state index in [0.29, 0.717) is 18.7 Å². The number of H-pyrrole nitrogens is 1. The van der Waals surface area contributed by atoms with Crippen molar-refractivity contribution in [2.75, 3.05) is 13.1 Å².